The van der Waals surface area contributed by atoms with Gasteiger partial charge in [0.05, 0.1) is 46.7 Å². The average Bonchev–Trinajstić information content (AvgIpc) is 3.21. The highest BCUT2D eigenvalue weighted by Crippen LogP contribution is 2.40. The number of fused-ring (bicyclic) bond motifs is 1. The van der Waals surface area contributed by atoms with E-state index in [-0.39, 0.29) is 28.6 Å². The fourth-order valence-corrected chi connectivity index (χ4v) is 3.76. The first-order chi connectivity index (χ1) is 17.4. The molecule has 0 unspecified atom stereocenters. The normalized spacial score (nSPS) is 13.0. The fourth-order valence-electron chi connectivity index (χ4n) is 3.76. The van der Waals surface area contributed by atoms with Crippen molar-refractivity contribution in [3.05, 3.63) is 71.0 Å². The second kappa shape index (κ2) is 10.3. The van der Waals surface area contributed by atoms with Gasteiger partial charge in [0.15, 0.2) is 28.8 Å². The smallest absolute Gasteiger partial charge is 0.343 e. The van der Waals surface area contributed by atoms with Crippen LogP contribution in [-0.4, -0.2) is 47.3 Å². The number of hydrogen-bond donors (Lipinski definition) is 0. The van der Waals surface area contributed by atoms with Crippen molar-refractivity contribution in [2.45, 2.75) is 0 Å². The zero-order valence-electron chi connectivity index (χ0n) is 20.4. The van der Waals surface area contributed by atoms with E-state index < -0.39 is 5.97 Å². The molecule has 0 radical (unpaired) electrons. The second-order valence-corrected chi connectivity index (χ2v) is 7.48. The Bertz CT molecular complexity index is 1330. The molecule has 9 heteroatoms. The number of allylic oxidation sites excluding steroid dienone is 1. The van der Waals surface area contributed by atoms with Crippen LogP contribution in [-0.2, 0) is 0 Å². The minimum atomic E-state index is -0.657. The molecule has 0 atom stereocenters. The van der Waals surface area contributed by atoms with Gasteiger partial charge >= 0.3 is 5.97 Å². The summed E-state index contributed by atoms with van der Waals surface area (Å²) in [6.45, 7) is 0. The SMILES string of the molecule is COc1cccc(/C=C2\Oc3cc(OC(=O)c4cc(OC)c(OC)c(OC)c4)ccc3C2=O)c1OC. The molecule has 186 valence electrons. The van der Waals surface area contributed by atoms with E-state index in [1.54, 1.807) is 30.3 Å². The Morgan fingerprint density at radius 1 is 0.778 bits per heavy atom. The molecule has 0 N–H and O–H groups in total. The average molecular weight is 492 g/mol. The maximum atomic E-state index is 12.9. The van der Waals surface area contributed by atoms with Crippen molar-refractivity contribution in [2.75, 3.05) is 35.5 Å². The van der Waals surface area contributed by atoms with Gasteiger partial charge in [-0.15, -0.1) is 0 Å². The van der Waals surface area contributed by atoms with Gasteiger partial charge in [0.1, 0.15) is 11.5 Å². The van der Waals surface area contributed by atoms with Gasteiger partial charge in [-0.05, 0) is 36.4 Å². The van der Waals surface area contributed by atoms with Crippen molar-refractivity contribution in [3.63, 3.8) is 0 Å². The first kappa shape index (κ1) is 24.5. The van der Waals surface area contributed by atoms with Crippen molar-refractivity contribution in [3.8, 4) is 40.2 Å². The van der Waals surface area contributed by atoms with Crippen LogP contribution in [0.2, 0.25) is 0 Å². The highest BCUT2D eigenvalue weighted by molar-refractivity contribution is 6.14. The van der Waals surface area contributed by atoms with Gasteiger partial charge in [0.25, 0.3) is 0 Å². The molecule has 3 aromatic carbocycles. The third-order valence-electron chi connectivity index (χ3n) is 5.47. The third kappa shape index (κ3) is 4.50. The standard InChI is InChI=1S/C27H24O9/c1-30-19-8-6-7-15(25(19)33-4)11-21-24(28)18-10-9-17(14-20(18)36-21)35-27(29)16-12-22(31-2)26(34-5)23(13-16)32-3/h6-14H,1-5H3/b21-11-. The molecular weight excluding hydrogens is 468 g/mol. The van der Waals surface area contributed by atoms with Crippen LogP contribution in [0.25, 0.3) is 6.08 Å². The molecule has 1 heterocycles. The van der Waals surface area contributed by atoms with Gasteiger partial charge in [0, 0.05) is 11.6 Å². The molecule has 0 amide bonds. The summed E-state index contributed by atoms with van der Waals surface area (Å²) in [6, 6.07) is 12.8. The lowest BCUT2D eigenvalue weighted by atomic mass is 10.1. The Hall–Kier alpha value is -4.66. The quantitative estimate of drug-likeness (QED) is 0.254. The number of para-hydroxylation sites is 1. The summed E-state index contributed by atoms with van der Waals surface area (Å²) in [7, 11) is 7.42. The Morgan fingerprint density at radius 2 is 1.44 bits per heavy atom. The molecule has 0 aliphatic carbocycles. The van der Waals surface area contributed by atoms with Crippen LogP contribution in [0.5, 0.6) is 40.2 Å². The second-order valence-electron chi connectivity index (χ2n) is 7.48. The lowest BCUT2D eigenvalue weighted by molar-refractivity contribution is 0.0733. The summed E-state index contributed by atoms with van der Waals surface area (Å²) in [6.07, 6.45) is 1.57. The van der Waals surface area contributed by atoms with Gasteiger partial charge in [0.2, 0.25) is 11.5 Å². The number of carbonyl (C=O) groups is 2. The van der Waals surface area contributed by atoms with Gasteiger partial charge in [-0.2, -0.15) is 0 Å². The number of carbonyl (C=O) groups excluding carboxylic acids is 2. The highest BCUT2D eigenvalue weighted by Gasteiger charge is 2.29. The highest BCUT2D eigenvalue weighted by atomic mass is 16.5. The predicted octanol–water partition coefficient (Wildman–Crippen LogP) is 4.57. The number of benzene rings is 3. The van der Waals surface area contributed by atoms with Crippen LogP contribution >= 0.6 is 0 Å². The van der Waals surface area contributed by atoms with Crippen LogP contribution in [0.4, 0.5) is 0 Å². The summed E-state index contributed by atoms with van der Waals surface area (Å²) in [5, 5.41) is 0. The van der Waals surface area contributed by atoms with Crippen molar-refractivity contribution < 1.29 is 42.7 Å². The molecule has 0 aromatic heterocycles. The van der Waals surface area contributed by atoms with E-state index in [4.69, 9.17) is 33.2 Å². The molecule has 1 aliphatic rings. The van der Waals surface area contributed by atoms with Crippen molar-refractivity contribution >= 4 is 17.8 Å². The van der Waals surface area contributed by atoms with Crippen LogP contribution in [0.1, 0.15) is 26.3 Å². The first-order valence-electron chi connectivity index (χ1n) is 10.8. The van der Waals surface area contributed by atoms with Gasteiger partial charge < -0.3 is 33.2 Å². The number of Topliss-reactive ketones (excluding diaryl/α,β-unsaturated/α-hetero) is 1. The van der Waals surface area contributed by atoms with Gasteiger partial charge in [-0.25, -0.2) is 4.79 Å². The van der Waals surface area contributed by atoms with E-state index >= 15 is 0 Å². The van der Waals surface area contributed by atoms with E-state index in [1.165, 1.54) is 59.8 Å². The van der Waals surface area contributed by atoms with E-state index in [0.717, 1.165) is 0 Å². The number of esters is 1. The number of methoxy groups -OCH3 is 5. The minimum Gasteiger partial charge on any atom is -0.493 e. The maximum absolute atomic E-state index is 12.9. The Balaban J connectivity index is 1.59. The summed E-state index contributed by atoms with van der Waals surface area (Å²) in [5.74, 6) is 1.58. The Kier molecular flexibility index (Phi) is 7.00. The van der Waals surface area contributed by atoms with Crippen molar-refractivity contribution in [2.24, 2.45) is 0 Å². The predicted molar refractivity (Wildman–Crippen MR) is 130 cm³/mol. The largest absolute Gasteiger partial charge is 0.493 e. The molecule has 9 nitrogen and oxygen atoms in total. The molecule has 1 aliphatic heterocycles. The van der Waals surface area contributed by atoms with E-state index in [2.05, 4.69) is 0 Å². The lowest BCUT2D eigenvalue weighted by Gasteiger charge is -2.13. The van der Waals surface area contributed by atoms with Crippen LogP contribution < -0.4 is 33.2 Å². The molecule has 36 heavy (non-hydrogen) atoms. The van der Waals surface area contributed by atoms with Gasteiger partial charge in [-0.1, -0.05) is 12.1 Å². The maximum Gasteiger partial charge on any atom is 0.343 e. The Morgan fingerprint density at radius 3 is 2.06 bits per heavy atom. The number of hydrogen-bond acceptors (Lipinski definition) is 9. The van der Waals surface area contributed by atoms with Gasteiger partial charge in [-0.3, -0.25) is 4.79 Å². The Labute approximate surface area is 207 Å². The zero-order valence-corrected chi connectivity index (χ0v) is 20.4. The van der Waals surface area contributed by atoms with E-state index in [9.17, 15) is 9.59 Å². The molecule has 0 saturated carbocycles. The number of rotatable bonds is 8. The van der Waals surface area contributed by atoms with E-state index in [1.807, 2.05) is 0 Å². The van der Waals surface area contributed by atoms with E-state index in [0.29, 0.717) is 39.9 Å². The monoisotopic (exact) mass is 492 g/mol. The molecule has 0 fully saturated rings. The van der Waals surface area contributed by atoms with Crippen molar-refractivity contribution in [1.29, 1.82) is 0 Å². The minimum absolute atomic E-state index is 0.102. The number of ketones is 1. The lowest BCUT2D eigenvalue weighted by Crippen LogP contribution is -2.09. The number of ether oxygens (including phenoxy) is 7. The molecule has 0 spiro atoms. The molecule has 0 bridgehead atoms. The molecule has 0 saturated heterocycles. The third-order valence-corrected chi connectivity index (χ3v) is 5.47. The summed E-state index contributed by atoms with van der Waals surface area (Å²) >= 11 is 0. The summed E-state index contributed by atoms with van der Waals surface area (Å²) < 4.78 is 37.9. The summed E-state index contributed by atoms with van der Waals surface area (Å²) in [4.78, 5) is 25.7. The zero-order chi connectivity index (χ0) is 25.8. The first-order valence-corrected chi connectivity index (χ1v) is 10.8. The fraction of sp³-hybridized carbons (Fsp3) is 0.185. The van der Waals surface area contributed by atoms with Crippen LogP contribution in [0.3, 0.4) is 0 Å². The molecule has 4 rings (SSSR count). The molecule has 3 aromatic rings. The van der Waals surface area contributed by atoms with Crippen LogP contribution in [0.15, 0.2) is 54.3 Å². The molecular formula is C27H24O9. The topological polar surface area (TPSA) is 98.8 Å². The van der Waals surface area contributed by atoms with Crippen molar-refractivity contribution in [1.82, 2.24) is 0 Å². The van der Waals surface area contributed by atoms with Crippen LogP contribution in [0, 0.1) is 0 Å². The summed E-state index contributed by atoms with van der Waals surface area (Å²) in [5.41, 5.74) is 1.14.